The summed E-state index contributed by atoms with van der Waals surface area (Å²) in [6.07, 6.45) is 2.27. The summed E-state index contributed by atoms with van der Waals surface area (Å²) in [5, 5.41) is 4.29. The average molecular weight is 181 g/mol. The number of aromatic amines is 1. The molecular formula is C9H15N3O. The molecule has 1 N–H and O–H groups in total. The highest BCUT2D eigenvalue weighted by Crippen LogP contribution is 2.45. The van der Waals surface area contributed by atoms with Crippen LogP contribution in [0.1, 0.15) is 45.5 Å². The molecule has 13 heavy (non-hydrogen) atoms. The summed E-state index contributed by atoms with van der Waals surface area (Å²) in [4.78, 5) is 14.2. The van der Waals surface area contributed by atoms with E-state index in [0.29, 0.717) is 0 Å². The lowest BCUT2D eigenvalue weighted by Gasteiger charge is -2.03. The highest BCUT2D eigenvalue weighted by atomic mass is 16.2. The first-order valence-electron chi connectivity index (χ1n) is 4.72. The monoisotopic (exact) mass is 181 g/mol. The van der Waals surface area contributed by atoms with E-state index in [1.54, 1.807) is 0 Å². The van der Waals surface area contributed by atoms with Crippen molar-refractivity contribution >= 4 is 0 Å². The fourth-order valence-electron chi connectivity index (χ4n) is 1.38. The van der Waals surface area contributed by atoms with Gasteiger partial charge in [-0.2, -0.15) is 5.10 Å². The minimum Gasteiger partial charge on any atom is -0.292 e. The first-order chi connectivity index (χ1) is 6.03. The second kappa shape index (κ2) is 2.47. The SMILES string of the molecule is CC(C)n1nc(C2(C)CC2)[nH]c1=O. The summed E-state index contributed by atoms with van der Waals surface area (Å²) in [7, 11) is 0. The van der Waals surface area contributed by atoms with Crippen LogP contribution in [-0.2, 0) is 5.41 Å². The van der Waals surface area contributed by atoms with Crippen molar-refractivity contribution in [2.75, 3.05) is 0 Å². The van der Waals surface area contributed by atoms with Crippen LogP contribution in [0.5, 0.6) is 0 Å². The Morgan fingerprint density at radius 3 is 2.54 bits per heavy atom. The molecule has 1 aliphatic rings. The van der Waals surface area contributed by atoms with Gasteiger partial charge in [0.1, 0.15) is 5.82 Å². The largest absolute Gasteiger partial charge is 0.343 e. The Morgan fingerprint density at radius 1 is 1.54 bits per heavy atom. The van der Waals surface area contributed by atoms with Gasteiger partial charge < -0.3 is 0 Å². The number of rotatable bonds is 2. The van der Waals surface area contributed by atoms with Crippen LogP contribution in [0, 0.1) is 0 Å². The molecule has 1 aromatic rings. The maximum absolute atomic E-state index is 11.4. The van der Waals surface area contributed by atoms with Gasteiger partial charge in [0.25, 0.3) is 0 Å². The van der Waals surface area contributed by atoms with Gasteiger partial charge in [-0.15, -0.1) is 0 Å². The number of hydrogen-bond donors (Lipinski definition) is 1. The summed E-state index contributed by atoms with van der Waals surface area (Å²) >= 11 is 0. The van der Waals surface area contributed by atoms with Crippen LogP contribution in [0.3, 0.4) is 0 Å². The Hall–Kier alpha value is -1.06. The molecule has 0 spiro atoms. The zero-order valence-electron chi connectivity index (χ0n) is 8.29. The molecule has 4 nitrogen and oxygen atoms in total. The summed E-state index contributed by atoms with van der Waals surface area (Å²) in [5.74, 6) is 0.853. The zero-order chi connectivity index (χ0) is 9.64. The van der Waals surface area contributed by atoms with E-state index in [-0.39, 0.29) is 17.1 Å². The molecule has 1 aliphatic carbocycles. The molecule has 0 radical (unpaired) electrons. The molecule has 1 fully saturated rings. The fourth-order valence-corrected chi connectivity index (χ4v) is 1.38. The molecule has 0 amide bonds. The van der Waals surface area contributed by atoms with E-state index < -0.39 is 0 Å². The smallest absolute Gasteiger partial charge is 0.292 e. The first kappa shape index (κ1) is 8.53. The van der Waals surface area contributed by atoms with E-state index in [9.17, 15) is 4.79 Å². The van der Waals surface area contributed by atoms with Gasteiger partial charge in [0.05, 0.1) is 6.04 Å². The van der Waals surface area contributed by atoms with Gasteiger partial charge in [-0.25, -0.2) is 9.48 Å². The van der Waals surface area contributed by atoms with Crippen molar-refractivity contribution in [1.82, 2.24) is 14.8 Å². The van der Waals surface area contributed by atoms with Gasteiger partial charge in [0, 0.05) is 5.41 Å². The van der Waals surface area contributed by atoms with Crippen LogP contribution in [0.25, 0.3) is 0 Å². The lowest BCUT2D eigenvalue weighted by Crippen LogP contribution is -2.19. The lowest BCUT2D eigenvalue weighted by atomic mass is 10.1. The van der Waals surface area contributed by atoms with Crippen molar-refractivity contribution in [2.45, 2.75) is 45.1 Å². The van der Waals surface area contributed by atoms with Gasteiger partial charge in [0.15, 0.2) is 0 Å². The highest BCUT2D eigenvalue weighted by molar-refractivity contribution is 5.13. The quantitative estimate of drug-likeness (QED) is 0.745. The summed E-state index contributed by atoms with van der Waals surface area (Å²) in [6, 6.07) is 0.139. The second-order valence-corrected chi connectivity index (χ2v) is 4.38. The van der Waals surface area contributed by atoms with E-state index in [1.165, 1.54) is 4.68 Å². The third-order valence-corrected chi connectivity index (χ3v) is 2.70. The number of nitrogens with zero attached hydrogens (tertiary/aromatic N) is 2. The van der Waals surface area contributed by atoms with E-state index in [4.69, 9.17) is 0 Å². The minimum absolute atomic E-state index is 0.0851. The van der Waals surface area contributed by atoms with Crippen LogP contribution in [0.2, 0.25) is 0 Å². The zero-order valence-corrected chi connectivity index (χ0v) is 8.29. The van der Waals surface area contributed by atoms with Crippen LogP contribution < -0.4 is 5.69 Å². The molecule has 1 heterocycles. The number of hydrogen-bond acceptors (Lipinski definition) is 2. The molecule has 1 aromatic heterocycles. The number of aromatic nitrogens is 3. The molecule has 0 aliphatic heterocycles. The molecular weight excluding hydrogens is 166 g/mol. The van der Waals surface area contributed by atoms with Crippen molar-refractivity contribution in [1.29, 1.82) is 0 Å². The van der Waals surface area contributed by atoms with Crippen molar-refractivity contribution in [2.24, 2.45) is 0 Å². The number of H-pyrrole nitrogens is 1. The van der Waals surface area contributed by atoms with E-state index in [2.05, 4.69) is 17.0 Å². The van der Waals surface area contributed by atoms with Crippen molar-refractivity contribution in [3.8, 4) is 0 Å². The van der Waals surface area contributed by atoms with Crippen LogP contribution in [0.15, 0.2) is 4.79 Å². The van der Waals surface area contributed by atoms with Crippen molar-refractivity contribution in [3.63, 3.8) is 0 Å². The average Bonchev–Trinajstić information content (AvgIpc) is 2.63. The Labute approximate surface area is 77.0 Å². The van der Waals surface area contributed by atoms with Crippen molar-refractivity contribution in [3.05, 3.63) is 16.3 Å². The van der Waals surface area contributed by atoms with Crippen LogP contribution in [-0.4, -0.2) is 14.8 Å². The maximum atomic E-state index is 11.4. The topological polar surface area (TPSA) is 50.7 Å². The predicted octanol–water partition coefficient (Wildman–Crippen LogP) is 1.20. The minimum atomic E-state index is -0.0851. The molecule has 2 rings (SSSR count). The first-order valence-corrected chi connectivity index (χ1v) is 4.72. The third-order valence-electron chi connectivity index (χ3n) is 2.70. The predicted molar refractivity (Wildman–Crippen MR) is 49.8 cm³/mol. The lowest BCUT2D eigenvalue weighted by molar-refractivity contribution is 0.505. The van der Waals surface area contributed by atoms with Gasteiger partial charge >= 0.3 is 5.69 Å². The normalized spacial score (nSPS) is 19.4. The molecule has 0 saturated heterocycles. The molecule has 0 atom stereocenters. The summed E-state index contributed by atoms with van der Waals surface area (Å²) in [6.45, 7) is 6.05. The number of nitrogens with one attached hydrogen (secondary N) is 1. The Bertz CT molecular complexity index is 370. The fraction of sp³-hybridized carbons (Fsp3) is 0.778. The molecule has 1 saturated carbocycles. The van der Waals surface area contributed by atoms with Crippen molar-refractivity contribution < 1.29 is 0 Å². The van der Waals surface area contributed by atoms with Gasteiger partial charge in [-0.05, 0) is 26.7 Å². The Morgan fingerprint density at radius 2 is 2.15 bits per heavy atom. The highest BCUT2D eigenvalue weighted by Gasteiger charge is 2.42. The van der Waals surface area contributed by atoms with Crippen LogP contribution in [0.4, 0.5) is 0 Å². The van der Waals surface area contributed by atoms with Gasteiger partial charge in [-0.1, -0.05) is 6.92 Å². The van der Waals surface area contributed by atoms with Crippen LogP contribution >= 0.6 is 0 Å². The van der Waals surface area contributed by atoms with Gasteiger partial charge in [0.2, 0.25) is 0 Å². The van der Waals surface area contributed by atoms with Gasteiger partial charge in [-0.3, -0.25) is 4.98 Å². The molecule has 4 heteroatoms. The molecule has 0 bridgehead atoms. The van der Waals surface area contributed by atoms with E-state index >= 15 is 0 Å². The third kappa shape index (κ3) is 1.30. The second-order valence-electron chi connectivity index (χ2n) is 4.38. The standard InChI is InChI=1S/C9H15N3O/c1-6(2)12-8(13)10-7(11-12)9(3)4-5-9/h6H,4-5H2,1-3H3,(H,10,11,13). The summed E-state index contributed by atoms with van der Waals surface area (Å²) in [5.41, 5.74) is 0.0670. The van der Waals surface area contributed by atoms with E-state index in [0.717, 1.165) is 18.7 Å². The maximum Gasteiger partial charge on any atom is 0.343 e. The Kier molecular flexibility index (Phi) is 1.62. The molecule has 0 aromatic carbocycles. The van der Waals surface area contributed by atoms with E-state index in [1.807, 2.05) is 13.8 Å². The molecule has 72 valence electrons. The summed E-state index contributed by atoms with van der Waals surface area (Å²) < 4.78 is 1.51. The molecule has 0 unspecified atom stereocenters. The Balaban J connectivity index is 2.41.